The molecule has 3 atom stereocenters. The summed E-state index contributed by atoms with van der Waals surface area (Å²) in [6.45, 7) is 3.00. The SMILES string of the molecule is CC1OCCC1S(=O)CC(=O)Nc1ccc(CN)cc1. The molecule has 1 saturated heterocycles. The molecule has 1 aliphatic rings. The van der Waals surface area contributed by atoms with Crippen LogP contribution in [0.4, 0.5) is 5.69 Å². The first kappa shape index (κ1) is 15.2. The maximum atomic E-state index is 12.1. The number of nitrogens with one attached hydrogen (secondary N) is 1. The van der Waals surface area contributed by atoms with Gasteiger partial charge >= 0.3 is 0 Å². The average molecular weight is 296 g/mol. The molecule has 6 heteroatoms. The predicted molar refractivity (Wildman–Crippen MR) is 79.8 cm³/mol. The van der Waals surface area contributed by atoms with E-state index in [0.717, 1.165) is 12.0 Å². The van der Waals surface area contributed by atoms with Crippen molar-refractivity contribution in [1.29, 1.82) is 0 Å². The van der Waals surface area contributed by atoms with Crippen LogP contribution < -0.4 is 11.1 Å². The van der Waals surface area contributed by atoms with Crippen LogP contribution in [0.3, 0.4) is 0 Å². The maximum absolute atomic E-state index is 12.1. The van der Waals surface area contributed by atoms with Crippen LogP contribution in [-0.2, 0) is 26.9 Å². The molecule has 1 aromatic rings. The highest BCUT2D eigenvalue weighted by atomic mass is 32.2. The molecule has 1 aromatic carbocycles. The van der Waals surface area contributed by atoms with Gasteiger partial charge in [0.15, 0.2) is 0 Å². The Bertz CT molecular complexity index is 490. The predicted octanol–water partition coefficient (Wildman–Crippen LogP) is 1.01. The molecule has 0 bridgehead atoms. The van der Waals surface area contributed by atoms with Crippen LogP contribution in [0.1, 0.15) is 18.9 Å². The number of carbonyl (C=O) groups is 1. The van der Waals surface area contributed by atoms with E-state index in [1.165, 1.54) is 0 Å². The maximum Gasteiger partial charge on any atom is 0.237 e. The van der Waals surface area contributed by atoms with Gasteiger partial charge in [-0.05, 0) is 31.0 Å². The van der Waals surface area contributed by atoms with Crippen molar-refractivity contribution < 1.29 is 13.7 Å². The van der Waals surface area contributed by atoms with E-state index < -0.39 is 10.8 Å². The summed E-state index contributed by atoms with van der Waals surface area (Å²) in [6, 6.07) is 7.31. The third-order valence-electron chi connectivity index (χ3n) is 3.39. The van der Waals surface area contributed by atoms with Gasteiger partial charge in [-0.25, -0.2) is 0 Å². The Kier molecular flexibility index (Phi) is 5.28. The minimum atomic E-state index is -1.19. The fourth-order valence-corrected chi connectivity index (χ4v) is 3.62. The molecule has 0 aromatic heterocycles. The second-order valence-electron chi connectivity index (χ2n) is 4.88. The van der Waals surface area contributed by atoms with E-state index in [4.69, 9.17) is 10.5 Å². The van der Waals surface area contributed by atoms with Gasteiger partial charge in [0.2, 0.25) is 5.91 Å². The van der Waals surface area contributed by atoms with Gasteiger partial charge in [0.25, 0.3) is 0 Å². The standard InChI is InChI=1S/C14H20N2O3S/c1-10-13(6-7-19-10)20(18)9-14(17)16-12-4-2-11(8-15)3-5-12/h2-5,10,13H,6-9,15H2,1H3,(H,16,17). The second-order valence-corrected chi connectivity index (χ2v) is 6.53. The summed E-state index contributed by atoms with van der Waals surface area (Å²) in [5.74, 6) is -0.222. The zero-order valence-corrected chi connectivity index (χ0v) is 12.3. The van der Waals surface area contributed by atoms with Crippen LogP contribution in [0, 0.1) is 0 Å². The van der Waals surface area contributed by atoms with Gasteiger partial charge in [-0.15, -0.1) is 0 Å². The molecule has 110 valence electrons. The number of ether oxygens (including phenoxy) is 1. The van der Waals surface area contributed by atoms with Gasteiger partial charge in [0, 0.05) is 29.6 Å². The third-order valence-corrected chi connectivity index (χ3v) is 5.23. The summed E-state index contributed by atoms with van der Waals surface area (Å²) < 4.78 is 17.5. The van der Waals surface area contributed by atoms with Crippen LogP contribution in [0.2, 0.25) is 0 Å². The van der Waals surface area contributed by atoms with Crippen molar-refractivity contribution >= 4 is 22.4 Å². The lowest BCUT2D eigenvalue weighted by Crippen LogP contribution is -2.30. The van der Waals surface area contributed by atoms with Gasteiger partial charge < -0.3 is 15.8 Å². The second kappa shape index (κ2) is 6.97. The number of benzene rings is 1. The zero-order chi connectivity index (χ0) is 14.5. The third kappa shape index (κ3) is 3.88. The molecule has 20 heavy (non-hydrogen) atoms. The molecular weight excluding hydrogens is 276 g/mol. The molecule has 0 aliphatic carbocycles. The molecule has 1 amide bonds. The molecule has 0 saturated carbocycles. The number of hydrogen-bond donors (Lipinski definition) is 2. The van der Waals surface area contributed by atoms with Crippen molar-refractivity contribution in [1.82, 2.24) is 0 Å². The quantitative estimate of drug-likeness (QED) is 0.849. The minimum absolute atomic E-state index is 0.0109. The highest BCUT2D eigenvalue weighted by Crippen LogP contribution is 2.19. The zero-order valence-electron chi connectivity index (χ0n) is 11.5. The van der Waals surface area contributed by atoms with E-state index in [1.807, 2.05) is 19.1 Å². The topological polar surface area (TPSA) is 81.4 Å². The van der Waals surface area contributed by atoms with E-state index >= 15 is 0 Å². The lowest BCUT2D eigenvalue weighted by atomic mass is 10.2. The van der Waals surface area contributed by atoms with Crippen molar-refractivity contribution in [2.45, 2.75) is 31.2 Å². The summed E-state index contributed by atoms with van der Waals surface area (Å²) >= 11 is 0. The molecular formula is C14H20N2O3S. The summed E-state index contributed by atoms with van der Waals surface area (Å²) in [5, 5.41) is 2.71. The number of hydrogen-bond acceptors (Lipinski definition) is 4. The van der Waals surface area contributed by atoms with Crippen LogP contribution in [0.25, 0.3) is 0 Å². The average Bonchev–Trinajstić information content (AvgIpc) is 2.86. The van der Waals surface area contributed by atoms with Gasteiger partial charge in [0.1, 0.15) is 5.75 Å². The smallest absolute Gasteiger partial charge is 0.237 e. The van der Waals surface area contributed by atoms with Crippen LogP contribution in [0.15, 0.2) is 24.3 Å². The molecule has 5 nitrogen and oxygen atoms in total. The number of anilines is 1. The van der Waals surface area contributed by atoms with Gasteiger partial charge in [0.05, 0.1) is 11.4 Å². The van der Waals surface area contributed by atoms with E-state index in [2.05, 4.69) is 5.32 Å². The normalized spacial score (nSPS) is 23.5. The monoisotopic (exact) mass is 296 g/mol. The molecule has 1 fully saturated rings. The van der Waals surface area contributed by atoms with Crippen LogP contribution in [0.5, 0.6) is 0 Å². The minimum Gasteiger partial charge on any atom is -0.377 e. The lowest BCUT2D eigenvalue weighted by molar-refractivity contribution is -0.113. The number of rotatable bonds is 5. The molecule has 3 unspecified atom stereocenters. The molecule has 2 rings (SSSR count). The van der Waals surface area contributed by atoms with E-state index in [9.17, 15) is 9.00 Å². The molecule has 0 radical (unpaired) electrons. The van der Waals surface area contributed by atoms with Crippen LogP contribution in [-0.4, -0.2) is 33.8 Å². The van der Waals surface area contributed by atoms with Crippen molar-refractivity contribution in [3.63, 3.8) is 0 Å². The highest BCUT2D eigenvalue weighted by molar-refractivity contribution is 7.86. The first-order valence-corrected chi connectivity index (χ1v) is 8.06. The molecule has 3 N–H and O–H groups in total. The fourth-order valence-electron chi connectivity index (χ4n) is 2.21. The molecule has 1 aliphatic heterocycles. The van der Waals surface area contributed by atoms with Crippen molar-refractivity contribution in [2.24, 2.45) is 5.73 Å². The lowest BCUT2D eigenvalue weighted by Gasteiger charge is -2.13. The van der Waals surface area contributed by atoms with Gasteiger partial charge in [-0.1, -0.05) is 12.1 Å². The largest absolute Gasteiger partial charge is 0.377 e. The summed E-state index contributed by atoms with van der Waals surface area (Å²) in [5.41, 5.74) is 7.21. The van der Waals surface area contributed by atoms with E-state index in [1.54, 1.807) is 12.1 Å². The number of carbonyl (C=O) groups excluding carboxylic acids is 1. The summed E-state index contributed by atoms with van der Waals surface area (Å²) in [7, 11) is -1.19. The van der Waals surface area contributed by atoms with Gasteiger partial charge in [-0.3, -0.25) is 9.00 Å². The Labute approximate surface area is 121 Å². The van der Waals surface area contributed by atoms with Crippen molar-refractivity contribution in [3.05, 3.63) is 29.8 Å². The number of nitrogens with two attached hydrogens (primary N) is 1. The van der Waals surface area contributed by atoms with Crippen molar-refractivity contribution in [2.75, 3.05) is 17.7 Å². The molecule has 0 spiro atoms. The fraction of sp³-hybridized carbons (Fsp3) is 0.500. The number of amides is 1. The first-order chi connectivity index (χ1) is 9.60. The summed E-state index contributed by atoms with van der Waals surface area (Å²) in [4.78, 5) is 11.9. The van der Waals surface area contributed by atoms with E-state index in [0.29, 0.717) is 18.8 Å². The van der Waals surface area contributed by atoms with E-state index in [-0.39, 0.29) is 23.0 Å². The molecule has 1 heterocycles. The Morgan fingerprint density at radius 2 is 2.15 bits per heavy atom. The Morgan fingerprint density at radius 3 is 2.70 bits per heavy atom. The Balaban J connectivity index is 1.86. The Morgan fingerprint density at radius 1 is 1.45 bits per heavy atom. The summed E-state index contributed by atoms with van der Waals surface area (Å²) in [6.07, 6.45) is 0.721. The van der Waals surface area contributed by atoms with Crippen LogP contribution >= 0.6 is 0 Å². The first-order valence-electron chi connectivity index (χ1n) is 6.68. The Hall–Kier alpha value is -1.24. The van der Waals surface area contributed by atoms with Crippen molar-refractivity contribution in [3.8, 4) is 0 Å². The van der Waals surface area contributed by atoms with Gasteiger partial charge in [-0.2, -0.15) is 0 Å². The highest BCUT2D eigenvalue weighted by Gasteiger charge is 2.30.